The maximum atomic E-state index is 12.7. The maximum Gasteiger partial charge on any atom is 0.260 e. The van der Waals surface area contributed by atoms with Crippen LogP contribution in [0.3, 0.4) is 0 Å². The summed E-state index contributed by atoms with van der Waals surface area (Å²) in [5, 5.41) is 0. The van der Waals surface area contributed by atoms with Gasteiger partial charge in [0.05, 0.1) is 15.6 Å². The molecule has 0 saturated heterocycles. The molecule has 1 aromatic heterocycles. The van der Waals surface area contributed by atoms with E-state index in [0.717, 1.165) is 0 Å². The zero-order valence-corrected chi connectivity index (χ0v) is 13.3. The molecule has 3 nitrogen and oxygen atoms in total. The lowest BCUT2D eigenvalue weighted by Crippen LogP contribution is -2.31. The molecule has 1 aromatic carbocycles. The van der Waals surface area contributed by atoms with Gasteiger partial charge in [-0.15, -0.1) is 11.3 Å². The molecular weight excluding hydrogens is 329 g/mol. The number of ketones is 1. The Balaban J connectivity index is 2.06. The molecule has 0 bridgehead atoms. The first-order valence-electron chi connectivity index (χ1n) is 6.47. The van der Waals surface area contributed by atoms with Gasteiger partial charge < -0.3 is 4.90 Å². The normalized spacial score (nSPS) is 14.8. The number of para-hydroxylation sites is 1. The highest BCUT2D eigenvalue weighted by Gasteiger charge is 2.27. The van der Waals surface area contributed by atoms with Crippen molar-refractivity contribution < 1.29 is 9.59 Å². The molecule has 108 valence electrons. The number of carbonyl (C=O) groups excluding carboxylic acids is 2. The zero-order valence-electron chi connectivity index (χ0n) is 10.9. The fourth-order valence-electron chi connectivity index (χ4n) is 2.44. The smallest absolute Gasteiger partial charge is 0.260 e. The number of benzene rings is 1. The van der Waals surface area contributed by atoms with Crippen molar-refractivity contribution in [2.24, 2.45) is 0 Å². The van der Waals surface area contributed by atoms with E-state index >= 15 is 0 Å². The lowest BCUT2D eigenvalue weighted by atomic mass is 10.1. The molecule has 0 unspecified atom stereocenters. The van der Waals surface area contributed by atoms with Crippen LogP contribution in [0.5, 0.6) is 0 Å². The number of halogens is 2. The van der Waals surface area contributed by atoms with Crippen molar-refractivity contribution in [3.8, 4) is 0 Å². The number of hydrogen-bond donors (Lipinski definition) is 0. The Hall–Kier alpha value is -1.36. The van der Waals surface area contributed by atoms with Gasteiger partial charge in [-0.25, -0.2) is 0 Å². The number of anilines is 1. The van der Waals surface area contributed by atoms with E-state index in [0.29, 0.717) is 44.9 Å². The summed E-state index contributed by atoms with van der Waals surface area (Å²) >= 11 is 13.2. The van der Waals surface area contributed by atoms with E-state index in [1.165, 1.54) is 11.3 Å². The van der Waals surface area contributed by atoms with E-state index in [9.17, 15) is 9.59 Å². The Labute approximate surface area is 136 Å². The second-order valence-corrected chi connectivity index (χ2v) is 7.02. The SMILES string of the molecule is O=C1CCCN(C(=O)c2cc(Cl)sc2Cl)c2ccccc21. The summed E-state index contributed by atoms with van der Waals surface area (Å²) in [6, 6.07) is 8.75. The third-order valence-corrected chi connectivity index (χ3v) is 4.90. The van der Waals surface area contributed by atoms with Crippen LogP contribution in [0.25, 0.3) is 0 Å². The topological polar surface area (TPSA) is 37.4 Å². The number of fused-ring (bicyclic) bond motifs is 1. The fraction of sp³-hybridized carbons (Fsp3) is 0.200. The molecule has 21 heavy (non-hydrogen) atoms. The summed E-state index contributed by atoms with van der Waals surface area (Å²) in [6.45, 7) is 0.491. The second-order valence-electron chi connectivity index (χ2n) is 4.74. The monoisotopic (exact) mass is 339 g/mol. The van der Waals surface area contributed by atoms with Crippen LogP contribution in [-0.2, 0) is 0 Å². The van der Waals surface area contributed by atoms with Crippen molar-refractivity contribution in [1.82, 2.24) is 0 Å². The zero-order chi connectivity index (χ0) is 15.0. The molecule has 6 heteroatoms. The standard InChI is InChI=1S/C15H11Cl2NO2S/c16-13-8-10(14(17)21-13)15(20)18-7-3-6-12(19)9-4-1-2-5-11(9)18/h1-2,4-5,8H,3,6-7H2. The molecule has 0 fully saturated rings. The third kappa shape index (κ3) is 2.71. The summed E-state index contributed by atoms with van der Waals surface area (Å²) < 4.78 is 0.848. The second kappa shape index (κ2) is 5.79. The third-order valence-electron chi connectivity index (χ3n) is 3.41. The summed E-state index contributed by atoms with van der Waals surface area (Å²) in [5.74, 6) is -0.152. The molecule has 0 N–H and O–H groups in total. The number of hydrogen-bond acceptors (Lipinski definition) is 3. The van der Waals surface area contributed by atoms with Gasteiger partial charge in [-0.05, 0) is 24.6 Å². The van der Waals surface area contributed by atoms with Gasteiger partial charge in [0.15, 0.2) is 5.78 Å². The van der Waals surface area contributed by atoms with E-state index in [-0.39, 0.29) is 11.7 Å². The van der Waals surface area contributed by atoms with Crippen LogP contribution < -0.4 is 4.90 Å². The van der Waals surface area contributed by atoms with Crippen LogP contribution in [0, 0.1) is 0 Å². The summed E-state index contributed by atoms with van der Waals surface area (Å²) in [5.41, 5.74) is 1.61. The van der Waals surface area contributed by atoms with Gasteiger partial charge in [0.25, 0.3) is 5.91 Å². The first-order valence-corrected chi connectivity index (χ1v) is 8.04. The minimum absolute atomic E-state index is 0.0651. The molecule has 1 amide bonds. The highest BCUT2D eigenvalue weighted by atomic mass is 35.5. The van der Waals surface area contributed by atoms with Crippen molar-refractivity contribution in [3.63, 3.8) is 0 Å². The van der Waals surface area contributed by atoms with Crippen LogP contribution in [0.1, 0.15) is 33.6 Å². The molecule has 2 aromatic rings. The molecule has 0 atom stereocenters. The summed E-state index contributed by atoms with van der Waals surface area (Å²) in [6.07, 6.45) is 1.08. The molecule has 1 aliphatic rings. The largest absolute Gasteiger partial charge is 0.308 e. The van der Waals surface area contributed by atoms with Crippen molar-refractivity contribution in [3.05, 3.63) is 50.1 Å². The molecular formula is C15H11Cl2NO2S. The first-order chi connectivity index (χ1) is 10.1. The van der Waals surface area contributed by atoms with Crippen LogP contribution in [0.2, 0.25) is 8.67 Å². The van der Waals surface area contributed by atoms with Gasteiger partial charge >= 0.3 is 0 Å². The van der Waals surface area contributed by atoms with E-state index < -0.39 is 0 Å². The number of nitrogens with zero attached hydrogens (tertiary/aromatic N) is 1. The Morgan fingerprint density at radius 2 is 2.00 bits per heavy atom. The number of amides is 1. The lowest BCUT2D eigenvalue weighted by molar-refractivity contribution is 0.0974. The van der Waals surface area contributed by atoms with Gasteiger partial charge in [-0.1, -0.05) is 35.3 Å². The van der Waals surface area contributed by atoms with E-state index in [2.05, 4.69) is 0 Å². The minimum atomic E-state index is -0.217. The predicted molar refractivity (Wildman–Crippen MR) is 86.0 cm³/mol. The average molecular weight is 340 g/mol. The van der Waals surface area contributed by atoms with Crippen molar-refractivity contribution in [1.29, 1.82) is 0 Å². The van der Waals surface area contributed by atoms with E-state index in [1.54, 1.807) is 29.2 Å². The van der Waals surface area contributed by atoms with Crippen molar-refractivity contribution >= 4 is 51.9 Å². The highest BCUT2D eigenvalue weighted by molar-refractivity contribution is 7.20. The number of rotatable bonds is 1. The first kappa shape index (κ1) is 14.6. The van der Waals surface area contributed by atoms with Crippen LogP contribution in [0.4, 0.5) is 5.69 Å². The Kier molecular flexibility index (Phi) is 4.02. The minimum Gasteiger partial charge on any atom is -0.308 e. The fourth-order valence-corrected chi connectivity index (χ4v) is 3.89. The summed E-state index contributed by atoms with van der Waals surface area (Å²) in [7, 11) is 0. The van der Waals surface area contributed by atoms with Crippen LogP contribution in [-0.4, -0.2) is 18.2 Å². The Morgan fingerprint density at radius 1 is 1.24 bits per heavy atom. The number of Topliss-reactive ketones (excluding diaryl/α,β-unsaturated/α-hetero) is 1. The lowest BCUT2D eigenvalue weighted by Gasteiger charge is -2.22. The van der Waals surface area contributed by atoms with E-state index in [1.807, 2.05) is 6.07 Å². The van der Waals surface area contributed by atoms with Gasteiger partial charge in [0.2, 0.25) is 0 Å². The Morgan fingerprint density at radius 3 is 2.71 bits per heavy atom. The molecule has 0 spiro atoms. The molecule has 3 rings (SSSR count). The maximum absolute atomic E-state index is 12.7. The quantitative estimate of drug-likeness (QED) is 0.756. The number of carbonyl (C=O) groups is 2. The van der Waals surface area contributed by atoms with Gasteiger partial charge in [-0.3, -0.25) is 9.59 Å². The van der Waals surface area contributed by atoms with Gasteiger partial charge in [0.1, 0.15) is 4.34 Å². The Bertz CT molecular complexity index is 726. The van der Waals surface area contributed by atoms with Gasteiger partial charge in [-0.2, -0.15) is 0 Å². The molecule has 2 heterocycles. The highest BCUT2D eigenvalue weighted by Crippen LogP contribution is 2.34. The molecule has 1 aliphatic heterocycles. The number of thiophene rings is 1. The van der Waals surface area contributed by atoms with Gasteiger partial charge in [0, 0.05) is 18.5 Å². The predicted octanol–water partition coefficient (Wildman–Crippen LogP) is 4.68. The molecule has 0 radical (unpaired) electrons. The molecule has 0 aliphatic carbocycles. The van der Waals surface area contributed by atoms with Crippen molar-refractivity contribution in [2.75, 3.05) is 11.4 Å². The summed E-state index contributed by atoms with van der Waals surface area (Å²) in [4.78, 5) is 26.4. The van der Waals surface area contributed by atoms with Crippen LogP contribution in [0.15, 0.2) is 30.3 Å². The van der Waals surface area contributed by atoms with Crippen LogP contribution >= 0.6 is 34.5 Å². The molecule has 0 saturated carbocycles. The van der Waals surface area contributed by atoms with Crippen molar-refractivity contribution in [2.45, 2.75) is 12.8 Å². The van der Waals surface area contributed by atoms with E-state index in [4.69, 9.17) is 23.2 Å². The average Bonchev–Trinajstić information content (AvgIpc) is 2.71.